The minimum absolute atomic E-state index is 0.128. The topological polar surface area (TPSA) is 45.6 Å². The number of halogens is 1. The molecule has 0 bridgehead atoms. The Balaban J connectivity index is 1.26. The third-order valence-electron chi connectivity index (χ3n) is 5.66. The van der Waals surface area contributed by atoms with E-state index in [1.165, 1.54) is 12.3 Å². The second-order valence-electron chi connectivity index (χ2n) is 7.68. The average Bonchev–Trinajstić information content (AvgIpc) is 3.15. The number of aryl methyl sites for hydroxylation is 1. The number of pyridine rings is 1. The van der Waals surface area contributed by atoms with E-state index in [4.69, 9.17) is 4.74 Å². The Hall–Kier alpha value is -2.14. The van der Waals surface area contributed by atoms with Crippen molar-refractivity contribution in [1.29, 1.82) is 0 Å². The summed E-state index contributed by atoms with van der Waals surface area (Å²) in [6, 6.07) is 8.74. The van der Waals surface area contributed by atoms with Crippen LogP contribution in [0.25, 0.3) is 0 Å². The lowest BCUT2D eigenvalue weighted by molar-refractivity contribution is 0.179. The van der Waals surface area contributed by atoms with Crippen LogP contribution in [-0.4, -0.2) is 40.7 Å². The zero-order chi connectivity index (χ0) is 18.1. The standard InChI is InChI=1S/C21H25FN2O2/c1-14-2-5-21(20(22)8-14)26-19-9-15-12-24(13-16(15)10-19)7-6-17-3-4-18(25)11-23-17/h2-5,8,11,15-16,19,25H,6-7,9-10,12-13H2,1H3/t15-,16+,19+. The number of hydrogen-bond donors (Lipinski definition) is 1. The Kier molecular flexibility index (Phi) is 4.81. The summed E-state index contributed by atoms with van der Waals surface area (Å²) in [5, 5.41) is 9.30. The second-order valence-corrected chi connectivity index (χ2v) is 7.68. The predicted octanol–water partition coefficient (Wildman–Crippen LogP) is 3.57. The van der Waals surface area contributed by atoms with Crippen molar-refractivity contribution >= 4 is 0 Å². The van der Waals surface area contributed by atoms with E-state index >= 15 is 0 Å². The molecule has 2 fully saturated rings. The summed E-state index contributed by atoms with van der Waals surface area (Å²) in [5.41, 5.74) is 1.92. The summed E-state index contributed by atoms with van der Waals surface area (Å²) in [6.45, 7) is 5.04. The minimum atomic E-state index is -0.259. The second kappa shape index (κ2) is 7.23. The van der Waals surface area contributed by atoms with Gasteiger partial charge in [-0.2, -0.15) is 0 Å². The van der Waals surface area contributed by atoms with Crippen molar-refractivity contribution in [3.05, 3.63) is 53.6 Å². The fourth-order valence-corrected chi connectivity index (χ4v) is 4.34. The maximum Gasteiger partial charge on any atom is 0.165 e. The zero-order valence-corrected chi connectivity index (χ0v) is 15.1. The molecule has 2 aliphatic rings. The molecule has 1 aromatic carbocycles. The van der Waals surface area contributed by atoms with E-state index in [-0.39, 0.29) is 17.7 Å². The molecule has 1 saturated carbocycles. The minimum Gasteiger partial charge on any atom is -0.506 e. The van der Waals surface area contributed by atoms with Gasteiger partial charge in [0.05, 0.1) is 12.3 Å². The summed E-state index contributed by atoms with van der Waals surface area (Å²) in [5.74, 6) is 1.61. The molecule has 4 nitrogen and oxygen atoms in total. The van der Waals surface area contributed by atoms with Gasteiger partial charge in [-0.3, -0.25) is 4.98 Å². The molecule has 4 rings (SSSR count). The maximum absolute atomic E-state index is 14.0. The number of fused-ring (bicyclic) bond motifs is 1. The van der Waals surface area contributed by atoms with Crippen LogP contribution in [0, 0.1) is 24.6 Å². The third-order valence-corrected chi connectivity index (χ3v) is 5.66. The first-order chi connectivity index (χ1) is 12.6. The van der Waals surface area contributed by atoms with Crippen molar-refractivity contribution < 1.29 is 14.2 Å². The molecule has 0 amide bonds. The third kappa shape index (κ3) is 3.83. The van der Waals surface area contributed by atoms with Gasteiger partial charge in [-0.15, -0.1) is 0 Å². The van der Waals surface area contributed by atoms with Crippen molar-refractivity contribution in [3.8, 4) is 11.5 Å². The van der Waals surface area contributed by atoms with Crippen LogP contribution in [0.15, 0.2) is 36.5 Å². The zero-order valence-electron chi connectivity index (χ0n) is 15.1. The summed E-state index contributed by atoms with van der Waals surface area (Å²) in [7, 11) is 0. The number of nitrogens with zero attached hydrogens (tertiary/aromatic N) is 2. The Morgan fingerprint density at radius 1 is 1.19 bits per heavy atom. The molecular weight excluding hydrogens is 331 g/mol. The molecule has 1 N–H and O–H groups in total. The maximum atomic E-state index is 14.0. The van der Waals surface area contributed by atoms with E-state index in [2.05, 4.69) is 9.88 Å². The molecule has 0 unspecified atom stereocenters. The van der Waals surface area contributed by atoms with Gasteiger partial charge in [-0.05, 0) is 61.4 Å². The van der Waals surface area contributed by atoms with Crippen molar-refractivity contribution in [2.45, 2.75) is 32.3 Å². The van der Waals surface area contributed by atoms with E-state index in [1.54, 1.807) is 12.1 Å². The Bertz CT molecular complexity index is 751. The van der Waals surface area contributed by atoms with Crippen molar-refractivity contribution in [1.82, 2.24) is 9.88 Å². The Labute approximate surface area is 153 Å². The van der Waals surface area contributed by atoms with E-state index in [9.17, 15) is 9.50 Å². The molecule has 0 spiro atoms. The van der Waals surface area contributed by atoms with Crippen LogP contribution in [-0.2, 0) is 6.42 Å². The summed E-state index contributed by atoms with van der Waals surface area (Å²) in [6.07, 6.45) is 4.54. The highest BCUT2D eigenvalue weighted by Gasteiger charge is 2.41. The van der Waals surface area contributed by atoms with Gasteiger partial charge in [0, 0.05) is 31.7 Å². The van der Waals surface area contributed by atoms with Crippen molar-refractivity contribution in [3.63, 3.8) is 0 Å². The average molecular weight is 356 g/mol. The lowest BCUT2D eigenvalue weighted by Gasteiger charge is -2.20. The van der Waals surface area contributed by atoms with Gasteiger partial charge in [-0.25, -0.2) is 4.39 Å². The van der Waals surface area contributed by atoms with Crippen LogP contribution in [0.3, 0.4) is 0 Å². The van der Waals surface area contributed by atoms with E-state index in [0.717, 1.165) is 50.2 Å². The molecule has 1 aliphatic heterocycles. The molecule has 1 aromatic heterocycles. The first-order valence-electron chi connectivity index (χ1n) is 9.36. The van der Waals surface area contributed by atoms with Crippen molar-refractivity contribution in [2.75, 3.05) is 19.6 Å². The smallest absolute Gasteiger partial charge is 0.165 e. The highest BCUT2D eigenvalue weighted by molar-refractivity contribution is 5.29. The molecule has 2 heterocycles. The molecule has 2 aromatic rings. The van der Waals surface area contributed by atoms with Gasteiger partial charge >= 0.3 is 0 Å². The number of aromatic nitrogens is 1. The number of hydrogen-bond acceptors (Lipinski definition) is 4. The van der Waals surface area contributed by atoms with Crippen LogP contribution in [0.4, 0.5) is 4.39 Å². The largest absolute Gasteiger partial charge is 0.506 e. The molecule has 1 aliphatic carbocycles. The molecule has 3 atom stereocenters. The quantitative estimate of drug-likeness (QED) is 0.890. The van der Waals surface area contributed by atoms with Crippen LogP contribution in [0.1, 0.15) is 24.1 Å². The van der Waals surface area contributed by atoms with E-state index in [1.807, 2.05) is 19.1 Å². The lowest BCUT2D eigenvalue weighted by atomic mass is 10.0. The number of benzene rings is 1. The highest BCUT2D eigenvalue weighted by Crippen LogP contribution is 2.40. The van der Waals surface area contributed by atoms with Crippen LogP contribution < -0.4 is 4.74 Å². The van der Waals surface area contributed by atoms with E-state index in [0.29, 0.717) is 17.6 Å². The van der Waals surface area contributed by atoms with Gasteiger partial charge in [0.1, 0.15) is 5.75 Å². The SMILES string of the molecule is Cc1ccc(O[C@H]2C[C@@H]3CN(CCc4ccc(O)cn4)C[C@@H]3C2)c(F)c1. The normalized spacial score (nSPS) is 25.4. The molecule has 0 radical (unpaired) electrons. The van der Waals surface area contributed by atoms with Gasteiger partial charge in [0.2, 0.25) is 0 Å². The van der Waals surface area contributed by atoms with Gasteiger partial charge in [0.25, 0.3) is 0 Å². The van der Waals surface area contributed by atoms with Gasteiger partial charge < -0.3 is 14.7 Å². The molecule has 26 heavy (non-hydrogen) atoms. The first-order valence-corrected chi connectivity index (χ1v) is 9.36. The lowest BCUT2D eigenvalue weighted by Crippen LogP contribution is -2.26. The first kappa shape index (κ1) is 17.3. The summed E-state index contributed by atoms with van der Waals surface area (Å²) in [4.78, 5) is 6.75. The molecular formula is C21H25FN2O2. The molecule has 138 valence electrons. The number of ether oxygens (including phenoxy) is 1. The Morgan fingerprint density at radius 2 is 1.96 bits per heavy atom. The van der Waals surface area contributed by atoms with E-state index < -0.39 is 0 Å². The predicted molar refractivity (Wildman–Crippen MR) is 97.8 cm³/mol. The van der Waals surface area contributed by atoms with Crippen molar-refractivity contribution in [2.24, 2.45) is 11.8 Å². The van der Waals surface area contributed by atoms with Crippen LogP contribution in [0.5, 0.6) is 11.5 Å². The number of rotatable bonds is 5. The van der Waals surface area contributed by atoms with Gasteiger partial charge in [0.15, 0.2) is 11.6 Å². The highest BCUT2D eigenvalue weighted by atomic mass is 19.1. The monoisotopic (exact) mass is 356 g/mol. The van der Waals surface area contributed by atoms with Gasteiger partial charge in [-0.1, -0.05) is 6.07 Å². The fourth-order valence-electron chi connectivity index (χ4n) is 4.34. The molecule has 5 heteroatoms. The van der Waals surface area contributed by atoms with Crippen LogP contribution >= 0.6 is 0 Å². The summed E-state index contributed by atoms with van der Waals surface area (Å²) < 4.78 is 19.9. The van der Waals surface area contributed by atoms with Crippen LogP contribution in [0.2, 0.25) is 0 Å². The number of aromatic hydroxyl groups is 1. The molecule has 1 saturated heterocycles. The fraction of sp³-hybridized carbons (Fsp3) is 0.476. The summed E-state index contributed by atoms with van der Waals surface area (Å²) >= 11 is 0. The number of likely N-dealkylation sites (tertiary alicyclic amines) is 1. The Morgan fingerprint density at radius 3 is 2.62 bits per heavy atom.